The molecule has 4 rings (SSSR count). The van der Waals surface area contributed by atoms with Crippen molar-refractivity contribution in [3.8, 4) is 0 Å². The lowest BCUT2D eigenvalue weighted by atomic mass is 10.2. The average Bonchev–Trinajstić information content (AvgIpc) is 3.42. The number of anilines is 1. The number of amides is 1. The van der Waals surface area contributed by atoms with E-state index in [2.05, 4.69) is 5.32 Å². The minimum atomic E-state index is -3.42. The summed E-state index contributed by atoms with van der Waals surface area (Å²) in [6, 6.07) is 4.96. The molecule has 0 unspecified atom stereocenters. The lowest BCUT2D eigenvalue weighted by Crippen LogP contribution is -2.28. The summed E-state index contributed by atoms with van der Waals surface area (Å²) in [5.74, 6) is 0.824. The van der Waals surface area contributed by atoms with E-state index in [0.717, 1.165) is 30.9 Å². The molecule has 1 heterocycles. The molecule has 3 aliphatic rings. The minimum Gasteiger partial charge on any atom is -0.330 e. The highest BCUT2D eigenvalue weighted by Gasteiger charge is 2.35. The number of carbonyl (C=O) groups is 1. The second-order valence-corrected chi connectivity index (χ2v) is 8.47. The topological polar surface area (TPSA) is 92.5 Å². The van der Waals surface area contributed by atoms with E-state index in [1.165, 1.54) is 17.1 Å². The first-order valence-electron chi connectivity index (χ1n) is 8.02. The van der Waals surface area contributed by atoms with Gasteiger partial charge in [0.15, 0.2) is 0 Å². The predicted molar refractivity (Wildman–Crippen MR) is 88.5 cm³/mol. The van der Waals surface area contributed by atoms with Crippen LogP contribution in [0.15, 0.2) is 23.1 Å². The van der Waals surface area contributed by atoms with Crippen LogP contribution in [0.1, 0.15) is 31.2 Å². The van der Waals surface area contributed by atoms with Crippen molar-refractivity contribution in [2.75, 3.05) is 18.9 Å². The summed E-state index contributed by atoms with van der Waals surface area (Å²) in [4.78, 5) is 11.5. The molecule has 0 radical (unpaired) electrons. The zero-order valence-corrected chi connectivity index (χ0v) is 14.1. The number of fused-ring (bicyclic) bond motifs is 1. The molecule has 2 aliphatic carbocycles. The van der Waals surface area contributed by atoms with Crippen molar-refractivity contribution in [2.45, 2.75) is 43.0 Å². The third-order valence-electron chi connectivity index (χ3n) is 4.47. The van der Waals surface area contributed by atoms with Gasteiger partial charge in [-0.05, 0) is 61.9 Å². The Kier molecular flexibility index (Phi) is 4.44. The van der Waals surface area contributed by atoms with Crippen LogP contribution in [0.25, 0.3) is 0 Å². The zero-order chi connectivity index (χ0) is 16.6. The molecule has 1 aromatic rings. The number of carbonyl (C=O) groups excluding carboxylic acids is 1. The summed E-state index contributed by atoms with van der Waals surface area (Å²) < 4.78 is 26.1. The van der Waals surface area contributed by atoms with Gasteiger partial charge in [-0.1, -0.05) is 0 Å². The lowest BCUT2D eigenvalue weighted by Gasteiger charge is -2.16. The quantitative estimate of drug-likeness (QED) is 0.866. The number of benzene rings is 1. The van der Waals surface area contributed by atoms with Gasteiger partial charge in [-0.25, -0.2) is 8.42 Å². The van der Waals surface area contributed by atoms with Crippen molar-refractivity contribution in [1.29, 1.82) is 0 Å². The number of hydrogen-bond acceptors (Lipinski definition) is 4. The Bertz CT molecular complexity index is 709. The number of hydrogen-bond donors (Lipinski definition) is 2. The van der Waals surface area contributed by atoms with Crippen LogP contribution in [-0.2, 0) is 21.2 Å². The first-order valence-corrected chi connectivity index (χ1v) is 9.46. The van der Waals surface area contributed by atoms with Crippen LogP contribution < -0.4 is 11.1 Å². The van der Waals surface area contributed by atoms with Crippen LogP contribution in [0.2, 0.25) is 0 Å². The highest BCUT2D eigenvalue weighted by Crippen LogP contribution is 2.32. The second kappa shape index (κ2) is 6.22. The third-order valence-corrected chi connectivity index (χ3v) is 6.38. The number of nitrogens with one attached hydrogen (secondary N) is 1. The molecule has 1 aliphatic heterocycles. The average molecular weight is 337 g/mol. The summed E-state index contributed by atoms with van der Waals surface area (Å²) in [7, 11) is -1.81. The van der Waals surface area contributed by atoms with E-state index in [1.54, 1.807) is 25.2 Å². The van der Waals surface area contributed by atoms with Crippen LogP contribution in [-0.4, -0.2) is 38.3 Å². The molecule has 3 N–H and O–H groups in total. The van der Waals surface area contributed by atoms with E-state index in [9.17, 15) is 13.2 Å². The fraction of sp³-hybridized carbons (Fsp3) is 0.562. The highest BCUT2D eigenvalue weighted by atomic mass is 32.2. The Balaban J connectivity index is 0.000000267. The SMILES string of the molecule is CN(C1CC1)S(=O)(=O)c1ccc2c(c1)CC(=O)N2.NCC1CC1. The molecule has 126 valence electrons. The van der Waals surface area contributed by atoms with Gasteiger partial charge in [0.05, 0.1) is 11.3 Å². The van der Waals surface area contributed by atoms with Crippen molar-refractivity contribution in [3.05, 3.63) is 23.8 Å². The van der Waals surface area contributed by atoms with Crippen molar-refractivity contribution in [3.63, 3.8) is 0 Å². The normalized spacial score (nSPS) is 19.9. The first-order chi connectivity index (χ1) is 10.9. The fourth-order valence-corrected chi connectivity index (χ4v) is 3.99. The maximum absolute atomic E-state index is 12.3. The molecule has 0 saturated heterocycles. The number of nitrogens with zero attached hydrogens (tertiary/aromatic N) is 1. The molecule has 1 amide bonds. The van der Waals surface area contributed by atoms with Gasteiger partial charge in [0.25, 0.3) is 0 Å². The molecule has 2 saturated carbocycles. The molecule has 6 nitrogen and oxygen atoms in total. The number of nitrogens with two attached hydrogens (primary N) is 1. The van der Waals surface area contributed by atoms with Crippen LogP contribution in [0.5, 0.6) is 0 Å². The summed E-state index contributed by atoms with van der Waals surface area (Å²) in [6.07, 6.45) is 4.89. The largest absolute Gasteiger partial charge is 0.330 e. The summed E-state index contributed by atoms with van der Waals surface area (Å²) >= 11 is 0. The molecule has 1 aromatic carbocycles. The zero-order valence-electron chi connectivity index (χ0n) is 13.3. The Morgan fingerprint density at radius 1 is 1.26 bits per heavy atom. The molecule has 2 fully saturated rings. The van der Waals surface area contributed by atoms with Crippen molar-refractivity contribution < 1.29 is 13.2 Å². The van der Waals surface area contributed by atoms with E-state index in [0.29, 0.717) is 5.69 Å². The van der Waals surface area contributed by atoms with E-state index in [-0.39, 0.29) is 23.3 Å². The molecular weight excluding hydrogens is 314 g/mol. The predicted octanol–water partition coefficient (Wildman–Crippen LogP) is 1.32. The Labute approximate surface area is 137 Å². The molecule has 0 spiro atoms. The van der Waals surface area contributed by atoms with Gasteiger partial charge in [-0.2, -0.15) is 4.31 Å². The Morgan fingerprint density at radius 3 is 2.48 bits per heavy atom. The molecule has 0 aromatic heterocycles. The van der Waals surface area contributed by atoms with Crippen molar-refractivity contribution >= 4 is 21.6 Å². The monoisotopic (exact) mass is 337 g/mol. The lowest BCUT2D eigenvalue weighted by molar-refractivity contribution is -0.115. The Hall–Kier alpha value is -1.44. The van der Waals surface area contributed by atoms with Gasteiger partial charge in [0.2, 0.25) is 15.9 Å². The van der Waals surface area contributed by atoms with Crippen LogP contribution in [0.3, 0.4) is 0 Å². The van der Waals surface area contributed by atoms with Gasteiger partial charge in [-0.15, -0.1) is 0 Å². The molecule has 0 atom stereocenters. The number of rotatable bonds is 4. The van der Waals surface area contributed by atoms with Gasteiger partial charge in [0, 0.05) is 18.8 Å². The molecular formula is C16H23N3O3S. The summed E-state index contributed by atoms with van der Waals surface area (Å²) in [6.45, 7) is 0.917. The molecule has 23 heavy (non-hydrogen) atoms. The van der Waals surface area contributed by atoms with Crippen LogP contribution in [0.4, 0.5) is 5.69 Å². The van der Waals surface area contributed by atoms with Crippen LogP contribution in [0, 0.1) is 5.92 Å². The summed E-state index contributed by atoms with van der Waals surface area (Å²) in [5, 5.41) is 2.69. The third kappa shape index (κ3) is 3.73. The van der Waals surface area contributed by atoms with Crippen molar-refractivity contribution in [1.82, 2.24) is 4.31 Å². The fourth-order valence-electron chi connectivity index (χ4n) is 2.52. The van der Waals surface area contributed by atoms with E-state index >= 15 is 0 Å². The van der Waals surface area contributed by atoms with Gasteiger partial charge in [0.1, 0.15) is 0 Å². The van der Waals surface area contributed by atoms with E-state index in [4.69, 9.17) is 5.73 Å². The van der Waals surface area contributed by atoms with E-state index < -0.39 is 10.0 Å². The van der Waals surface area contributed by atoms with Gasteiger partial charge < -0.3 is 11.1 Å². The molecule has 7 heteroatoms. The standard InChI is InChI=1S/C12H14N2O3S.C4H9N/c1-14(9-2-3-9)18(16,17)10-4-5-11-8(6-10)7-12(15)13-11;5-3-4-1-2-4/h4-6,9H,2-3,7H2,1H3,(H,13,15);4H,1-3,5H2. The minimum absolute atomic E-state index is 0.0879. The van der Waals surface area contributed by atoms with E-state index in [1.807, 2.05) is 0 Å². The van der Waals surface area contributed by atoms with Crippen LogP contribution >= 0.6 is 0 Å². The first kappa shape index (κ1) is 16.4. The molecule has 0 bridgehead atoms. The van der Waals surface area contributed by atoms with Gasteiger partial charge in [-0.3, -0.25) is 4.79 Å². The maximum Gasteiger partial charge on any atom is 0.243 e. The maximum atomic E-state index is 12.3. The highest BCUT2D eigenvalue weighted by molar-refractivity contribution is 7.89. The van der Waals surface area contributed by atoms with Gasteiger partial charge >= 0.3 is 0 Å². The number of sulfonamides is 1. The smallest absolute Gasteiger partial charge is 0.243 e. The second-order valence-electron chi connectivity index (χ2n) is 6.48. The van der Waals surface area contributed by atoms with Crippen molar-refractivity contribution in [2.24, 2.45) is 11.7 Å². The summed E-state index contributed by atoms with van der Waals surface area (Å²) in [5.41, 5.74) is 6.70. The Morgan fingerprint density at radius 2 is 1.96 bits per heavy atom.